The highest BCUT2D eigenvalue weighted by Crippen LogP contribution is 2.29. The van der Waals surface area contributed by atoms with Gasteiger partial charge in [0.05, 0.1) is 30.6 Å². The minimum atomic E-state index is -0.332. The molecule has 0 saturated carbocycles. The lowest BCUT2D eigenvalue weighted by molar-refractivity contribution is -0.111. The van der Waals surface area contributed by atoms with Crippen molar-refractivity contribution in [1.82, 2.24) is 14.5 Å². The van der Waals surface area contributed by atoms with Gasteiger partial charge < -0.3 is 20.3 Å². The molecule has 5 rings (SSSR count). The summed E-state index contributed by atoms with van der Waals surface area (Å²) < 4.78 is 22.0. The van der Waals surface area contributed by atoms with Crippen LogP contribution in [0.15, 0.2) is 67.5 Å². The van der Waals surface area contributed by atoms with E-state index in [2.05, 4.69) is 27.2 Å². The molecule has 0 spiro atoms. The molecule has 0 unspecified atom stereocenters. The van der Waals surface area contributed by atoms with Crippen LogP contribution < -0.4 is 15.5 Å². The van der Waals surface area contributed by atoms with E-state index in [1.54, 1.807) is 18.2 Å². The van der Waals surface area contributed by atoms with E-state index < -0.39 is 0 Å². The lowest BCUT2D eigenvalue weighted by Crippen LogP contribution is -2.36. The number of amides is 1. The normalized spacial score (nSPS) is 13.6. The fourth-order valence-corrected chi connectivity index (χ4v) is 4.14. The van der Waals surface area contributed by atoms with Gasteiger partial charge in [-0.15, -0.1) is 0 Å². The van der Waals surface area contributed by atoms with Crippen molar-refractivity contribution < 1.29 is 13.9 Å². The van der Waals surface area contributed by atoms with Crippen LogP contribution in [0.5, 0.6) is 0 Å². The Morgan fingerprint density at radius 3 is 2.71 bits per heavy atom. The number of anilines is 4. The zero-order valence-electron chi connectivity index (χ0n) is 18.7. The summed E-state index contributed by atoms with van der Waals surface area (Å²) in [6.45, 7) is 5.93. The van der Waals surface area contributed by atoms with Gasteiger partial charge in [-0.25, -0.2) is 9.37 Å². The molecule has 1 amide bonds. The van der Waals surface area contributed by atoms with Crippen LogP contribution in [0, 0.1) is 5.82 Å². The van der Waals surface area contributed by atoms with Gasteiger partial charge in [0.25, 0.3) is 0 Å². The Bertz CT molecular complexity index is 1420. The summed E-state index contributed by atoms with van der Waals surface area (Å²) in [5, 5.41) is 7.04. The Hall–Kier alpha value is -3.95. The van der Waals surface area contributed by atoms with E-state index in [9.17, 15) is 9.18 Å². The number of hydrogen-bond donors (Lipinski definition) is 2. The SMILES string of the molecule is C=CC(=O)Nc1ccc2c(ccn2-c2nc(Nc3ccc(N4CCOCC4)c(F)c3)ncc2Cl)c1. The smallest absolute Gasteiger partial charge is 0.247 e. The number of hydrogen-bond acceptors (Lipinski definition) is 6. The van der Waals surface area contributed by atoms with Gasteiger partial charge in [-0.1, -0.05) is 18.2 Å². The third-order valence-electron chi connectivity index (χ3n) is 5.65. The molecular weight excluding hydrogens is 471 g/mol. The Morgan fingerprint density at radius 1 is 1.14 bits per heavy atom. The molecule has 0 aliphatic carbocycles. The predicted octanol–water partition coefficient (Wildman–Crippen LogP) is 4.92. The topological polar surface area (TPSA) is 84.3 Å². The van der Waals surface area contributed by atoms with Crippen LogP contribution >= 0.6 is 11.6 Å². The minimum absolute atomic E-state index is 0.277. The molecule has 1 fully saturated rings. The van der Waals surface area contributed by atoms with E-state index in [-0.39, 0.29) is 17.7 Å². The van der Waals surface area contributed by atoms with Crippen molar-refractivity contribution in [3.8, 4) is 5.82 Å². The molecule has 10 heteroatoms. The van der Waals surface area contributed by atoms with Crippen molar-refractivity contribution >= 4 is 51.4 Å². The van der Waals surface area contributed by atoms with Crippen molar-refractivity contribution in [3.63, 3.8) is 0 Å². The molecule has 2 N–H and O–H groups in total. The fraction of sp³-hybridized carbons (Fsp3) is 0.160. The van der Waals surface area contributed by atoms with Gasteiger partial charge in [-0.05, 0) is 48.5 Å². The van der Waals surface area contributed by atoms with Crippen LogP contribution in [0.2, 0.25) is 5.02 Å². The maximum absolute atomic E-state index is 14.8. The van der Waals surface area contributed by atoms with E-state index >= 15 is 0 Å². The van der Waals surface area contributed by atoms with Crippen molar-refractivity contribution in [2.24, 2.45) is 0 Å². The summed E-state index contributed by atoms with van der Waals surface area (Å²) in [4.78, 5) is 22.4. The number of nitrogens with zero attached hydrogens (tertiary/aromatic N) is 4. The average molecular weight is 493 g/mol. The van der Waals surface area contributed by atoms with Crippen molar-refractivity contribution in [3.05, 3.63) is 78.4 Å². The molecule has 2 aromatic carbocycles. The number of aromatic nitrogens is 3. The Labute approximate surface area is 206 Å². The summed E-state index contributed by atoms with van der Waals surface area (Å²) in [5.74, 6) is 0.127. The number of morpholine rings is 1. The second kappa shape index (κ2) is 9.73. The molecule has 0 radical (unpaired) electrons. The maximum Gasteiger partial charge on any atom is 0.247 e. The Balaban J connectivity index is 1.40. The van der Waals surface area contributed by atoms with E-state index in [1.165, 1.54) is 18.3 Å². The van der Waals surface area contributed by atoms with Crippen molar-refractivity contribution in [2.75, 3.05) is 41.8 Å². The summed E-state index contributed by atoms with van der Waals surface area (Å²) in [6.07, 6.45) is 4.54. The van der Waals surface area contributed by atoms with Gasteiger partial charge in [-0.3, -0.25) is 9.36 Å². The molecule has 0 bridgehead atoms. The molecule has 0 atom stereocenters. The first kappa shape index (κ1) is 22.8. The van der Waals surface area contributed by atoms with E-state index in [0.717, 1.165) is 10.9 Å². The van der Waals surface area contributed by atoms with Crippen LogP contribution in [0.1, 0.15) is 0 Å². The lowest BCUT2D eigenvalue weighted by atomic mass is 10.2. The van der Waals surface area contributed by atoms with Crippen LogP contribution in [0.4, 0.5) is 27.4 Å². The second-order valence-corrected chi connectivity index (χ2v) is 8.32. The number of halogens is 2. The Kier molecular flexibility index (Phi) is 6.35. The zero-order chi connectivity index (χ0) is 24.4. The quantitative estimate of drug-likeness (QED) is 0.372. The van der Waals surface area contributed by atoms with Gasteiger partial charge in [-0.2, -0.15) is 4.98 Å². The molecule has 8 nitrogen and oxygen atoms in total. The number of carbonyl (C=O) groups is 1. The molecule has 2 aromatic heterocycles. The van der Waals surface area contributed by atoms with E-state index in [0.29, 0.717) is 54.2 Å². The number of nitrogens with one attached hydrogen (secondary N) is 2. The van der Waals surface area contributed by atoms with E-state index in [1.807, 2.05) is 33.9 Å². The summed E-state index contributed by atoms with van der Waals surface area (Å²) in [5.41, 5.74) is 2.56. The first-order valence-corrected chi connectivity index (χ1v) is 11.4. The zero-order valence-corrected chi connectivity index (χ0v) is 19.4. The average Bonchev–Trinajstić information content (AvgIpc) is 3.29. The fourth-order valence-electron chi connectivity index (χ4n) is 3.96. The van der Waals surface area contributed by atoms with Gasteiger partial charge in [0.2, 0.25) is 11.9 Å². The standard InChI is InChI=1S/C25H22ClFN6O2/c1-2-23(34)29-17-3-5-21-16(13-17)7-8-33(21)24-19(26)15-28-25(31-24)30-18-4-6-22(20(27)14-18)32-9-11-35-12-10-32/h2-8,13-15H,1,9-12H2,(H,29,34)(H,28,30,31). The highest BCUT2D eigenvalue weighted by atomic mass is 35.5. The van der Waals surface area contributed by atoms with Crippen molar-refractivity contribution in [1.29, 1.82) is 0 Å². The highest BCUT2D eigenvalue weighted by molar-refractivity contribution is 6.32. The minimum Gasteiger partial charge on any atom is -0.378 e. The Morgan fingerprint density at radius 2 is 1.94 bits per heavy atom. The predicted molar refractivity (Wildman–Crippen MR) is 135 cm³/mol. The third-order valence-corrected chi connectivity index (χ3v) is 5.92. The monoisotopic (exact) mass is 492 g/mol. The van der Waals surface area contributed by atoms with Gasteiger partial charge in [0.15, 0.2) is 5.82 Å². The number of carbonyl (C=O) groups excluding carboxylic acids is 1. The number of ether oxygens (including phenoxy) is 1. The van der Waals surface area contributed by atoms with Gasteiger partial charge in [0, 0.05) is 36.0 Å². The number of fused-ring (bicyclic) bond motifs is 1. The first-order valence-electron chi connectivity index (χ1n) is 11.0. The molecular formula is C25H22ClFN6O2. The van der Waals surface area contributed by atoms with Gasteiger partial charge in [0.1, 0.15) is 10.8 Å². The molecule has 3 heterocycles. The molecule has 35 heavy (non-hydrogen) atoms. The summed E-state index contributed by atoms with van der Waals surface area (Å²) >= 11 is 6.42. The highest BCUT2D eigenvalue weighted by Gasteiger charge is 2.16. The molecule has 4 aromatic rings. The molecule has 1 aliphatic heterocycles. The molecule has 178 valence electrons. The third kappa shape index (κ3) is 4.82. The first-order chi connectivity index (χ1) is 17.0. The van der Waals surface area contributed by atoms with Crippen LogP contribution in [0.3, 0.4) is 0 Å². The number of rotatable bonds is 6. The van der Waals surface area contributed by atoms with E-state index in [4.69, 9.17) is 16.3 Å². The maximum atomic E-state index is 14.8. The summed E-state index contributed by atoms with van der Waals surface area (Å²) in [7, 11) is 0. The molecule has 1 aliphatic rings. The van der Waals surface area contributed by atoms with Crippen LogP contribution in [-0.4, -0.2) is 46.7 Å². The van der Waals surface area contributed by atoms with Gasteiger partial charge >= 0.3 is 0 Å². The van der Waals surface area contributed by atoms with Crippen LogP contribution in [-0.2, 0) is 9.53 Å². The van der Waals surface area contributed by atoms with Crippen molar-refractivity contribution in [2.45, 2.75) is 0 Å². The lowest BCUT2D eigenvalue weighted by Gasteiger charge is -2.29. The summed E-state index contributed by atoms with van der Waals surface area (Å²) in [6, 6.07) is 12.3. The molecule has 1 saturated heterocycles. The van der Waals surface area contributed by atoms with Crippen LogP contribution in [0.25, 0.3) is 16.7 Å². The number of benzene rings is 2. The second-order valence-electron chi connectivity index (χ2n) is 7.91. The largest absolute Gasteiger partial charge is 0.378 e.